The van der Waals surface area contributed by atoms with Crippen molar-refractivity contribution in [2.24, 2.45) is 18.7 Å². The second-order valence-corrected chi connectivity index (χ2v) is 2.87. The van der Waals surface area contributed by atoms with Crippen LogP contribution in [0.25, 0.3) is 0 Å². The summed E-state index contributed by atoms with van der Waals surface area (Å²) in [5.41, 5.74) is 0. The molecule has 0 atom stereocenters. The molecule has 0 saturated heterocycles. The highest BCUT2D eigenvalue weighted by Crippen LogP contribution is 2.09. The highest BCUT2D eigenvalue weighted by molar-refractivity contribution is 7.33. The van der Waals surface area contributed by atoms with Gasteiger partial charge in [0.05, 0.1) is 0 Å². The van der Waals surface area contributed by atoms with Gasteiger partial charge in [0, 0.05) is 0 Å². The van der Waals surface area contributed by atoms with Crippen molar-refractivity contribution in [3.63, 3.8) is 0 Å². The summed E-state index contributed by atoms with van der Waals surface area (Å²) in [5, 5.41) is 0. The summed E-state index contributed by atoms with van der Waals surface area (Å²) in [6, 6.07) is 0. The zero-order valence-corrected chi connectivity index (χ0v) is 7.47. The Hall–Kier alpha value is 0.400. The van der Waals surface area contributed by atoms with Crippen LogP contribution in [0.15, 0.2) is 18.7 Å². The maximum Gasteiger partial charge on any atom is 0.182 e. The van der Waals surface area contributed by atoms with E-state index in [0.717, 1.165) is 0 Å². The van der Waals surface area contributed by atoms with Crippen molar-refractivity contribution in [3.8, 4) is 0 Å². The summed E-state index contributed by atoms with van der Waals surface area (Å²) in [5.74, 6) is 0. The van der Waals surface area contributed by atoms with Crippen LogP contribution in [0.3, 0.4) is 0 Å². The van der Waals surface area contributed by atoms with Crippen LogP contribution in [0, 0.1) is 0 Å². The maximum atomic E-state index is 3.52. The van der Waals surface area contributed by atoms with E-state index in [0.29, 0.717) is 17.0 Å². The second-order valence-electron chi connectivity index (χ2n) is 0.558. The molecule has 8 heteroatoms. The van der Waals surface area contributed by atoms with Crippen LogP contribution in [0.5, 0.6) is 0 Å². The summed E-state index contributed by atoms with van der Waals surface area (Å²) < 4.78 is 6.93. The summed E-state index contributed by atoms with van der Waals surface area (Å²) >= 11 is 0. The van der Waals surface area contributed by atoms with E-state index in [1.54, 1.807) is 0 Å². The van der Waals surface area contributed by atoms with Gasteiger partial charge in [-0.15, -0.1) is 9.71 Å². The van der Waals surface area contributed by atoms with Crippen LogP contribution in [0.4, 0.5) is 0 Å². The molecular weight excluding hydrogens is 180 g/mol. The average Bonchev–Trinajstić information content (AvgIpc) is 1.81. The van der Waals surface area contributed by atoms with Crippen LogP contribution in [0.2, 0.25) is 0 Å². The first-order valence-corrected chi connectivity index (χ1v) is 3.94. The summed E-state index contributed by atoms with van der Waals surface area (Å²) in [7, 11) is 6.80. The Morgan fingerprint density at radius 1 is 0.875 bits per heavy atom. The normalized spacial score (nSPS) is 10.5. The zero-order valence-electron chi connectivity index (χ0n) is 3.68. The maximum absolute atomic E-state index is 3.52. The molecule has 0 bridgehead atoms. The van der Waals surface area contributed by atoms with Crippen molar-refractivity contribution in [2.45, 2.75) is 0 Å². The predicted molar refractivity (Wildman–Crippen MR) is 40.2 cm³/mol. The third kappa shape index (κ3) is 6.40. The Morgan fingerprint density at radius 2 is 1.25 bits per heavy atom. The van der Waals surface area contributed by atoms with E-state index in [9.17, 15) is 0 Å². The zero-order chi connectivity index (χ0) is 6.24. The van der Waals surface area contributed by atoms with Crippen molar-refractivity contribution < 1.29 is 0 Å². The quantitative estimate of drug-likeness (QED) is 0.472. The van der Waals surface area contributed by atoms with Gasteiger partial charge >= 0.3 is 0 Å². The van der Waals surface area contributed by atoms with E-state index >= 15 is 0 Å². The monoisotopic (exact) mass is 182 g/mol. The van der Waals surface area contributed by atoms with Gasteiger partial charge in [0.1, 0.15) is 0 Å². The lowest BCUT2D eigenvalue weighted by Crippen LogP contribution is -1.22. The number of nitrogens with zero attached hydrogens (tertiary/aromatic N) is 4. The lowest BCUT2D eigenvalue weighted by Gasteiger charge is -1.63. The van der Waals surface area contributed by atoms with Gasteiger partial charge in [-0.2, -0.15) is 9.03 Å². The van der Waals surface area contributed by atoms with Gasteiger partial charge in [-0.25, -0.2) is 0 Å². The lowest BCUT2D eigenvalue weighted by atomic mass is 13.0. The molecule has 0 radical (unpaired) electrons. The topological polar surface area (TPSA) is 49.4 Å². The molecule has 0 heterocycles. The van der Waals surface area contributed by atoms with Gasteiger partial charge in [-0.3, -0.25) is 0 Å². The Labute approximate surface area is 54.6 Å². The van der Waals surface area contributed by atoms with E-state index in [4.69, 9.17) is 0 Å². The smallest absolute Gasteiger partial charge is 0.182 e. The molecule has 4 nitrogen and oxygen atoms in total. The minimum absolute atomic E-state index is 0.545. The van der Waals surface area contributed by atoms with Crippen LogP contribution in [-0.2, 0) is 0 Å². The van der Waals surface area contributed by atoms with E-state index in [1.165, 1.54) is 0 Å². The van der Waals surface area contributed by atoms with E-state index in [-0.39, 0.29) is 0 Å². The largest absolute Gasteiger partial charge is 0.194 e. The van der Waals surface area contributed by atoms with Crippen LogP contribution in [0.1, 0.15) is 0 Å². The summed E-state index contributed by atoms with van der Waals surface area (Å²) in [6.07, 6.45) is 0. The van der Waals surface area contributed by atoms with Crippen molar-refractivity contribution >= 4 is 35.1 Å². The van der Waals surface area contributed by atoms with Crippen molar-refractivity contribution in [2.75, 3.05) is 0 Å². The summed E-state index contributed by atoms with van der Waals surface area (Å²) in [4.78, 5) is 7.05. The molecule has 0 aliphatic heterocycles. The number of hydrogen-bond donors (Lipinski definition) is 0. The first-order chi connectivity index (χ1) is 3.91. The van der Waals surface area contributed by atoms with E-state index in [2.05, 4.69) is 36.8 Å². The number of hydrogen-bond acceptors (Lipinski definition) is 0. The molecule has 0 fully saturated rings. The average molecular weight is 182 g/mol. The Bertz CT molecular complexity index is 108. The second kappa shape index (κ2) is 7.40. The summed E-state index contributed by atoms with van der Waals surface area (Å²) in [6.45, 7) is 0. The molecule has 8 heavy (non-hydrogen) atoms. The van der Waals surface area contributed by atoms with Gasteiger partial charge < -0.3 is 0 Å². The predicted octanol–water partition coefficient (Wildman–Crippen LogP) is 3.64. The molecule has 0 saturated carbocycles. The molecule has 0 aliphatic carbocycles. The molecule has 0 aromatic carbocycles. The molecule has 0 aromatic rings. The third-order valence-electron chi connectivity index (χ3n) is 0.209. The molecule has 0 aromatic heterocycles. The molecule has 0 amide bonds. The first-order valence-electron chi connectivity index (χ1n) is 1.45. The van der Waals surface area contributed by atoms with Gasteiger partial charge in [0.25, 0.3) is 0 Å². The fourth-order valence-corrected chi connectivity index (χ4v) is 0.682. The lowest BCUT2D eigenvalue weighted by molar-refractivity contribution is 1.32. The molecule has 0 rings (SSSR count). The van der Waals surface area contributed by atoms with Gasteiger partial charge in [-0.1, -0.05) is 0 Å². The van der Waals surface area contributed by atoms with E-state index in [1.807, 2.05) is 0 Å². The fourth-order valence-electron chi connectivity index (χ4n) is 0.0758. The highest BCUT2D eigenvalue weighted by atomic mass is 31.1. The molecule has 42 valence electrons. The molecule has 0 aliphatic rings. The van der Waals surface area contributed by atoms with Crippen LogP contribution in [-0.4, -0.2) is 0 Å². The fraction of sp³-hybridized carbons (Fsp3) is 0. The van der Waals surface area contributed by atoms with Gasteiger partial charge in [-0.05, 0) is 18.1 Å². The van der Waals surface area contributed by atoms with Crippen molar-refractivity contribution in [1.29, 1.82) is 0 Å². The van der Waals surface area contributed by atoms with Crippen LogP contribution < -0.4 is 0 Å². The highest BCUT2D eigenvalue weighted by Gasteiger charge is 1.59. The first kappa shape index (κ1) is 8.40. The molecule has 0 spiro atoms. The van der Waals surface area contributed by atoms with Crippen molar-refractivity contribution in [1.82, 2.24) is 0 Å². The van der Waals surface area contributed by atoms with Crippen LogP contribution >= 0.6 is 35.1 Å². The Kier molecular flexibility index (Phi) is 7.77. The standard InChI is InChI=1S/H2N4P4/c5-3-7-1-2-8-4-6/h5-6H. The van der Waals surface area contributed by atoms with Gasteiger partial charge in [0.15, 0.2) is 17.0 Å². The minimum atomic E-state index is 0.545. The Morgan fingerprint density at radius 3 is 1.50 bits per heavy atom. The molecular formula is H2N4P4. The SMILES string of the molecule is P=NP=NN=PN=P. The number of rotatable bonds is 3. The van der Waals surface area contributed by atoms with Crippen molar-refractivity contribution in [3.05, 3.63) is 0 Å². The minimum Gasteiger partial charge on any atom is -0.194 e. The van der Waals surface area contributed by atoms with E-state index < -0.39 is 0 Å². The van der Waals surface area contributed by atoms with Gasteiger partial charge in [0.2, 0.25) is 0 Å². The Balaban J connectivity index is 3.41. The molecule has 0 N–H and O–H groups in total. The third-order valence-corrected chi connectivity index (χ3v) is 1.40. The molecule has 0 unspecified atom stereocenters.